The van der Waals surface area contributed by atoms with Crippen molar-refractivity contribution in [2.45, 2.75) is 49.0 Å². The summed E-state index contributed by atoms with van der Waals surface area (Å²) in [6.45, 7) is 2.00. The molecule has 7 nitrogen and oxygen atoms in total. The Morgan fingerprint density at radius 2 is 1.30 bits per heavy atom. The standard InChI is InChI=1S/C4H8O.C3H5ClO2S.C3H7NO2S.H3N/c1-2-4-5-3-1;2*4-7(5,6)3-1-2-3;/h1-4H2;3H,1-2H2;3H,1-2H2,(H2,4,5,6);1H3. The van der Waals surface area contributed by atoms with E-state index in [1.54, 1.807) is 0 Å². The van der Waals surface area contributed by atoms with Crippen molar-refractivity contribution in [2.24, 2.45) is 5.14 Å². The number of rotatable bonds is 2. The molecular formula is C10H23ClN2O5S2. The van der Waals surface area contributed by atoms with Gasteiger partial charge in [-0.1, -0.05) is 0 Å². The highest BCUT2D eigenvalue weighted by atomic mass is 35.7. The van der Waals surface area contributed by atoms with E-state index in [9.17, 15) is 16.8 Å². The van der Waals surface area contributed by atoms with Crippen molar-refractivity contribution in [3.8, 4) is 0 Å². The number of nitrogens with two attached hydrogens (primary N) is 1. The predicted octanol–water partition coefficient (Wildman–Crippen LogP) is 1.11. The molecule has 1 heterocycles. The Hall–Kier alpha value is 0.0700. The highest BCUT2D eigenvalue weighted by molar-refractivity contribution is 8.14. The van der Waals surface area contributed by atoms with Crippen LogP contribution in [-0.2, 0) is 23.8 Å². The average Bonchev–Trinajstić information content (AvgIpc) is 3.16. The van der Waals surface area contributed by atoms with E-state index in [2.05, 4.69) is 0 Å². The van der Waals surface area contributed by atoms with Gasteiger partial charge in [-0.05, 0) is 38.5 Å². The van der Waals surface area contributed by atoms with Gasteiger partial charge in [0.05, 0.1) is 10.5 Å². The Morgan fingerprint density at radius 3 is 1.35 bits per heavy atom. The first-order chi connectivity index (χ1) is 8.71. The van der Waals surface area contributed by atoms with Crippen molar-refractivity contribution in [1.82, 2.24) is 6.15 Å². The summed E-state index contributed by atoms with van der Waals surface area (Å²) in [4.78, 5) is 0. The second kappa shape index (κ2) is 8.50. The third-order valence-corrected chi connectivity index (χ3v) is 6.16. The van der Waals surface area contributed by atoms with Gasteiger partial charge in [0, 0.05) is 23.9 Å². The summed E-state index contributed by atoms with van der Waals surface area (Å²) in [5, 5.41) is 4.30. The lowest BCUT2D eigenvalue weighted by Gasteiger charge is -1.84. The molecule has 10 heteroatoms. The average molecular weight is 351 g/mol. The molecule has 0 radical (unpaired) electrons. The van der Waals surface area contributed by atoms with E-state index in [0.29, 0.717) is 0 Å². The molecule has 3 aliphatic rings. The zero-order chi connectivity index (χ0) is 14.5. The minimum atomic E-state index is -3.16. The highest BCUT2D eigenvalue weighted by Gasteiger charge is 2.33. The van der Waals surface area contributed by atoms with Gasteiger partial charge in [0.1, 0.15) is 0 Å². The smallest absolute Gasteiger partial charge is 0.235 e. The van der Waals surface area contributed by atoms with E-state index < -0.39 is 19.1 Å². The van der Waals surface area contributed by atoms with Crippen LogP contribution in [0.2, 0.25) is 0 Å². The van der Waals surface area contributed by atoms with Crippen LogP contribution in [0.1, 0.15) is 38.5 Å². The molecule has 1 aliphatic heterocycles. The SMILES string of the molecule is C1CCOC1.N.NS(=O)(=O)C1CC1.O=S(=O)(Cl)C1CC1. The zero-order valence-electron chi connectivity index (χ0n) is 11.3. The normalized spacial score (nSPS) is 21.7. The molecule has 0 aromatic heterocycles. The summed E-state index contributed by atoms with van der Waals surface area (Å²) in [5.41, 5.74) is 0. The molecule has 122 valence electrons. The minimum Gasteiger partial charge on any atom is -0.381 e. The van der Waals surface area contributed by atoms with Gasteiger partial charge in [0.25, 0.3) is 0 Å². The molecule has 0 bridgehead atoms. The molecule has 0 atom stereocenters. The zero-order valence-corrected chi connectivity index (χ0v) is 13.7. The summed E-state index contributed by atoms with van der Waals surface area (Å²) in [7, 11) is -1.38. The Balaban J connectivity index is 0.000000268. The molecule has 3 rings (SSSR count). The molecule has 0 aromatic rings. The van der Waals surface area contributed by atoms with Gasteiger partial charge in [0.15, 0.2) is 0 Å². The maximum absolute atomic E-state index is 10.2. The monoisotopic (exact) mass is 350 g/mol. The van der Waals surface area contributed by atoms with Crippen LogP contribution in [0.15, 0.2) is 0 Å². The van der Waals surface area contributed by atoms with Crippen molar-refractivity contribution in [2.75, 3.05) is 13.2 Å². The van der Waals surface area contributed by atoms with E-state index >= 15 is 0 Å². The largest absolute Gasteiger partial charge is 0.381 e. The van der Waals surface area contributed by atoms with E-state index in [4.69, 9.17) is 20.6 Å². The van der Waals surface area contributed by atoms with Gasteiger partial charge in [0.2, 0.25) is 19.1 Å². The van der Waals surface area contributed by atoms with Crippen LogP contribution in [-0.4, -0.2) is 40.5 Å². The fraction of sp³-hybridized carbons (Fsp3) is 1.00. The van der Waals surface area contributed by atoms with Crippen LogP contribution >= 0.6 is 10.7 Å². The molecule has 1 saturated heterocycles. The van der Waals surface area contributed by atoms with Gasteiger partial charge in [-0.25, -0.2) is 22.0 Å². The molecule has 3 fully saturated rings. The van der Waals surface area contributed by atoms with Crippen molar-refractivity contribution in [3.63, 3.8) is 0 Å². The van der Waals surface area contributed by atoms with E-state index in [0.717, 1.165) is 38.9 Å². The summed E-state index contributed by atoms with van der Waals surface area (Å²) >= 11 is 0. The third kappa shape index (κ3) is 9.89. The van der Waals surface area contributed by atoms with E-state index in [1.165, 1.54) is 12.8 Å². The van der Waals surface area contributed by atoms with Crippen LogP contribution in [0.4, 0.5) is 0 Å². The van der Waals surface area contributed by atoms with E-state index in [1.807, 2.05) is 0 Å². The van der Waals surface area contributed by atoms with Crippen molar-refractivity contribution in [1.29, 1.82) is 0 Å². The number of hydrogen-bond acceptors (Lipinski definition) is 6. The van der Waals surface area contributed by atoms with Crippen molar-refractivity contribution >= 4 is 29.8 Å². The molecule has 0 amide bonds. The van der Waals surface area contributed by atoms with Crippen LogP contribution in [0.3, 0.4) is 0 Å². The van der Waals surface area contributed by atoms with Crippen LogP contribution in [0.5, 0.6) is 0 Å². The van der Waals surface area contributed by atoms with Crippen molar-refractivity contribution in [3.05, 3.63) is 0 Å². The molecule has 0 aromatic carbocycles. The lowest BCUT2D eigenvalue weighted by Crippen LogP contribution is -2.16. The third-order valence-electron chi connectivity index (χ3n) is 2.74. The van der Waals surface area contributed by atoms with Crippen LogP contribution < -0.4 is 11.3 Å². The lowest BCUT2D eigenvalue weighted by molar-refractivity contribution is 0.198. The fourth-order valence-electron chi connectivity index (χ4n) is 1.26. The Morgan fingerprint density at radius 1 is 0.900 bits per heavy atom. The molecule has 0 unspecified atom stereocenters. The maximum atomic E-state index is 10.2. The van der Waals surface area contributed by atoms with Gasteiger partial charge in [-0.15, -0.1) is 0 Å². The summed E-state index contributed by atoms with van der Waals surface area (Å²) < 4.78 is 45.6. The van der Waals surface area contributed by atoms with Gasteiger partial charge < -0.3 is 10.9 Å². The first kappa shape index (κ1) is 20.1. The predicted molar refractivity (Wildman–Crippen MR) is 79.0 cm³/mol. The van der Waals surface area contributed by atoms with Gasteiger partial charge >= 0.3 is 0 Å². The Labute approximate surface area is 125 Å². The topological polar surface area (TPSA) is 139 Å². The summed E-state index contributed by atoms with van der Waals surface area (Å²) in [6.07, 6.45) is 5.59. The lowest BCUT2D eigenvalue weighted by atomic mass is 10.4. The first-order valence-electron chi connectivity index (χ1n) is 6.24. The van der Waals surface area contributed by atoms with E-state index in [-0.39, 0.29) is 16.7 Å². The minimum absolute atomic E-state index is 0. The fourth-order valence-corrected chi connectivity index (χ4v) is 3.28. The highest BCUT2D eigenvalue weighted by Crippen LogP contribution is 2.30. The molecule has 2 saturated carbocycles. The molecular weight excluding hydrogens is 328 g/mol. The number of hydrogen-bond donors (Lipinski definition) is 2. The van der Waals surface area contributed by atoms with Crippen molar-refractivity contribution < 1.29 is 21.6 Å². The summed E-state index contributed by atoms with van der Waals surface area (Å²) in [5.74, 6) is 0. The maximum Gasteiger partial charge on any atom is 0.235 e. The number of sulfonamides is 1. The van der Waals surface area contributed by atoms with Gasteiger partial charge in [-0.2, -0.15) is 0 Å². The Bertz CT molecular complexity index is 420. The second-order valence-corrected chi connectivity index (χ2v) is 9.54. The molecule has 20 heavy (non-hydrogen) atoms. The number of halogens is 1. The number of ether oxygens (including phenoxy) is 1. The van der Waals surface area contributed by atoms with Crippen LogP contribution in [0, 0.1) is 0 Å². The molecule has 2 aliphatic carbocycles. The quantitative estimate of drug-likeness (QED) is 0.715. The molecule has 0 spiro atoms. The van der Waals surface area contributed by atoms with Crippen LogP contribution in [0.25, 0.3) is 0 Å². The number of primary sulfonamides is 1. The van der Waals surface area contributed by atoms with Gasteiger partial charge in [-0.3, -0.25) is 0 Å². The first-order valence-corrected chi connectivity index (χ1v) is 10.2. The molecule has 5 N–H and O–H groups in total. The summed E-state index contributed by atoms with van der Waals surface area (Å²) in [6, 6.07) is 0. The Kier molecular flexibility index (Phi) is 8.53. The second-order valence-electron chi connectivity index (χ2n) is 4.78.